The van der Waals surface area contributed by atoms with Crippen LogP contribution in [0, 0.1) is 6.92 Å². The maximum absolute atomic E-state index is 4.19. The van der Waals surface area contributed by atoms with Gasteiger partial charge < -0.3 is 0 Å². The molecule has 2 heterocycles. The van der Waals surface area contributed by atoms with Crippen LogP contribution in [0.5, 0.6) is 0 Å². The zero-order valence-electron chi connectivity index (χ0n) is 8.15. The topological polar surface area (TPSA) is 30.2 Å². The van der Waals surface area contributed by atoms with E-state index in [1.165, 1.54) is 11.1 Å². The van der Waals surface area contributed by atoms with Crippen molar-refractivity contribution in [3.05, 3.63) is 29.6 Å². The van der Waals surface area contributed by atoms with Crippen molar-refractivity contribution in [2.24, 2.45) is 0 Å². The van der Waals surface area contributed by atoms with E-state index in [-0.39, 0.29) is 0 Å². The fourth-order valence-electron chi connectivity index (χ4n) is 1.44. The predicted molar refractivity (Wildman–Crippen MR) is 51.8 cm³/mol. The Morgan fingerprint density at radius 2 is 1.92 bits per heavy atom. The molecule has 2 aromatic rings. The lowest BCUT2D eigenvalue weighted by Crippen LogP contribution is -1.94. The van der Waals surface area contributed by atoms with Crippen molar-refractivity contribution >= 4 is 5.52 Å². The highest BCUT2D eigenvalue weighted by Crippen LogP contribution is 2.19. The van der Waals surface area contributed by atoms with E-state index in [0.29, 0.717) is 5.92 Å². The summed E-state index contributed by atoms with van der Waals surface area (Å²) in [6.45, 7) is 6.38. The van der Waals surface area contributed by atoms with Crippen LogP contribution in [0.4, 0.5) is 0 Å². The molecule has 2 rings (SSSR count). The summed E-state index contributed by atoms with van der Waals surface area (Å²) >= 11 is 0. The van der Waals surface area contributed by atoms with Gasteiger partial charge in [-0.25, -0.2) is 0 Å². The second-order valence-corrected chi connectivity index (χ2v) is 3.66. The van der Waals surface area contributed by atoms with Crippen LogP contribution in [0.15, 0.2) is 18.5 Å². The van der Waals surface area contributed by atoms with Gasteiger partial charge in [0, 0.05) is 5.56 Å². The zero-order chi connectivity index (χ0) is 9.42. The summed E-state index contributed by atoms with van der Waals surface area (Å²) in [5.74, 6) is 0.501. The van der Waals surface area contributed by atoms with Crippen LogP contribution < -0.4 is 0 Å². The maximum Gasteiger partial charge on any atom is 0.0910 e. The number of nitrogens with zero attached hydrogens (tertiary/aromatic N) is 3. The van der Waals surface area contributed by atoms with Crippen LogP contribution in [0.3, 0.4) is 0 Å². The molecule has 0 bridgehead atoms. The minimum Gasteiger partial charge on any atom is -0.158 e. The van der Waals surface area contributed by atoms with Crippen LogP contribution in [-0.2, 0) is 0 Å². The molecule has 0 saturated heterocycles. The Morgan fingerprint density at radius 1 is 1.23 bits per heavy atom. The molecule has 0 aliphatic heterocycles. The Morgan fingerprint density at radius 3 is 2.62 bits per heavy atom. The fourth-order valence-corrected chi connectivity index (χ4v) is 1.44. The van der Waals surface area contributed by atoms with Gasteiger partial charge in [0.2, 0.25) is 0 Å². The molecule has 0 saturated carbocycles. The van der Waals surface area contributed by atoms with E-state index in [1.807, 2.05) is 19.3 Å². The molecule has 0 radical (unpaired) electrons. The molecule has 0 aromatic carbocycles. The van der Waals surface area contributed by atoms with Gasteiger partial charge in [-0.1, -0.05) is 13.8 Å². The molecule has 0 amide bonds. The predicted octanol–water partition coefficient (Wildman–Crippen LogP) is 2.16. The van der Waals surface area contributed by atoms with Crippen molar-refractivity contribution in [3.63, 3.8) is 0 Å². The molecule has 13 heavy (non-hydrogen) atoms. The highest BCUT2D eigenvalue weighted by atomic mass is 15.4. The van der Waals surface area contributed by atoms with Crippen LogP contribution in [-0.4, -0.2) is 14.8 Å². The molecule has 3 heteroatoms. The smallest absolute Gasteiger partial charge is 0.0910 e. The lowest BCUT2D eigenvalue weighted by atomic mass is 10.1. The zero-order valence-corrected chi connectivity index (χ0v) is 8.15. The van der Waals surface area contributed by atoms with Crippen LogP contribution in [0.2, 0.25) is 0 Å². The van der Waals surface area contributed by atoms with Crippen LogP contribution >= 0.6 is 0 Å². The third kappa shape index (κ3) is 1.30. The van der Waals surface area contributed by atoms with Crippen LogP contribution in [0.25, 0.3) is 5.52 Å². The summed E-state index contributed by atoms with van der Waals surface area (Å²) in [5.41, 5.74) is 3.56. The lowest BCUT2D eigenvalue weighted by Gasteiger charge is -2.01. The summed E-state index contributed by atoms with van der Waals surface area (Å²) in [6, 6.07) is 2.12. The van der Waals surface area contributed by atoms with E-state index in [1.54, 1.807) is 4.63 Å². The highest BCUT2D eigenvalue weighted by Gasteiger charge is 2.07. The number of hydrogen-bond donors (Lipinski definition) is 0. The standard InChI is InChI=1S/C10H13N3/c1-7(2)9-6-12-13-10(9)4-8(3)5-11-13/h4-7H,1-3H3. The Labute approximate surface area is 77.4 Å². The van der Waals surface area contributed by atoms with Gasteiger partial charge in [-0.15, -0.1) is 0 Å². The van der Waals surface area contributed by atoms with Gasteiger partial charge in [0.1, 0.15) is 0 Å². The van der Waals surface area contributed by atoms with Gasteiger partial charge in [0.25, 0.3) is 0 Å². The maximum atomic E-state index is 4.19. The van der Waals surface area contributed by atoms with E-state index in [4.69, 9.17) is 0 Å². The van der Waals surface area contributed by atoms with Crippen molar-refractivity contribution in [1.82, 2.24) is 14.8 Å². The van der Waals surface area contributed by atoms with E-state index in [9.17, 15) is 0 Å². The van der Waals surface area contributed by atoms with Crippen molar-refractivity contribution in [2.45, 2.75) is 26.7 Å². The molecule has 0 aliphatic rings. The average Bonchev–Trinajstić information content (AvgIpc) is 2.46. The fraction of sp³-hybridized carbons (Fsp3) is 0.400. The third-order valence-corrected chi connectivity index (χ3v) is 2.17. The minimum atomic E-state index is 0.501. The molecule has 2 aromatic heterocycles. The largest absolute Gasteiger partial charge is 0.158 e. The molecule has 68 valence electrons. The monoisotopic (exact) mass is 175 g/mol. The van der Waals surface area contributed by atoms with E-state index >= 15 is 0 Å². The first-order valence-electron chi connectivity index (χ1n) is 4.49. The van der Waals surface area contributed by atoms with Gasteiger partial charge in [-0.3, -0.25) is 0 Å². The van der Waals surface area contributed by atoms with Crippen LogP contribution in [0.1, 0.15) is 30.9 Å². The molecule has 0 unspecified atom stereocenters. The molecular formula is C10H13N3. The Hall–Kier alpha value is -1.38. The highest BCUT2D eigenvalue weighted by molar-refractivity contribution is 5.55. The third-order valence-electron chi connectivity index (χ3n) is 2.17. The van der Waals surface area contributed by atoms with Crippen molar-refractivity contribution in [1.29, 1.82) is 0 Å². The molecule has 3 nitrogen and oxygen atoms in total. The summed E-state index contributed by atoms with van der Waals surface area (Å²) in [5, 5.41) is 8.38. The molecule has 0 spiro atoms. The van der Waals surface area contributed by atoms with Gasteiger partial charge in [-0.05, 0) is 24.5 Å². The van der Waals surface area contributed by atoms with E-state index in [0.717, 1.165) is 5.52 Å². The first-order valence-corrected chi connectivity index (χ1v) is 4.49. The second kappa shape index (κ2) is 2.83. The molecule has 0 fully saturated rings. The SMILES string of the molecule is Cc1cnn2ncc(C(C)C)c2c1. The molecule has 0 N–H and O–H groups in total. The first-order chi connectivity index (χ1) is 6.18. The lowest BCUT2D eigenvalue weighted by molar-refractivity contribution is 0.795. The van der Waals surface area contributed by atoms with Gasteiger partial charge in [0.15, 0.2) is 0 Å². The summed E-state index contributed by atoms with van der Waals surface area (Å²) in [6.07, 6.45) is 3.72. The molecule has 0 atom stereocenters. The Bertz CT molecular complexity index is 429. The van der Waals surface area contributed by atoms with Crippen molar-refractivity contribution < 1.29 is 0 Å². The van der Waals surface area contributed by atoms with Gasteiger partial charge in [0.05, 0.1) is 17.9 Å². The number of rotatable bonds is 1. The summed E-state index contributed by atoms with van der Waals surface area (Å²) in [4.78, 5) is 0. The summed E-state index contributed by atoms with van der Waals surface area (Å²) in [7, 11) is 0. The van der Waals surface area contributed by atoms with Crippen molar-refractivity contribution in [2.75, 3.05) is 0 Å². The number of aryl methyl sites for hydroxylation is 1. The number of hydrogen-bond acceptors (Lipinski definition) is 2. The normalized spacial score (nSPS) is 11.4. The van der Waals surface area contributed by atoms with Crippen molar-refractivity contribution in [3.8, 4) is 0 Å². The second-order valence-electron chi connectivity index (χ2n) is 3.66. The quantitative estimate of drug-likeness (QED) is 0.664. The Kier molecular flexibility index (Phi) is 1.79. The minimum absolute atomic E-state index is 0.501. The van der Waals surface area contributed by atoms with E-state index in [2.05, 4.69) is 30.1 Å². The Balaban J connectivity index is 2.71. The van der Waals surface area contributed by atoms with E-state index < -0.39 is 0 Å². The number of aromatic nitrogens is 3. The first kappa shape index (κ1) is 8.23. The molecular weight excluding hydrogens is 162 g/mol. The van der Waals surface area contributed by atoms with Gasteiger partial charge >= 0.3 is 0 Å². The van der Waals surface area contributed by atoms with Gasteiger partial charge in [-0.2, -0.15) is 14.8 Å². The number of fused-ring (bicyclic) bond motifs is 1. The molecule has 0 aliphatic carbocycles. The summed E-state index contributed by atoms with van der Waals surface area (Å²) < 4.78 is 1.68. The average molecular weight is 175 g/mol.